The van der Waals surface area contributed by atoms with Gasteiger partial charge in [-0.1, -0.05) is 6.07 Å². The predicted molar refractivity (Wildman–Crippen MR) is 110 cm³/mol. The average Bonchev–Trinajstić information content (AvgIpc) is 3.30. The van der Waals surface area contributed by atoms with Crippen molar-refractivity contribution in [3.05, 3.63) is 64.2 Å². The minimum atomic E-state index is -4.43. The molecule has 1 amide bonds. The van der Waals surface area contributed by atoms with Crippen LogP contribution in [0.1, 0.15) is 5.56 Å². The van der Waals surface area contributed by atoms with Gasteiger partial charge in [-0.05, 0) is 23.6 Å². The fourth-order valence-electron chi connectivity index (χ4n) is 3.28. The summed E-state index contributed by atoms with van der Waals surface area (Å²) in [5.41, 5.74) is -0.532. The van der Waals surface area contributed by atoms with Crippen LogP contribution in [-0.4, -0.2) is 51.5 Å². The van der Waals surface area contributed by atoms with E-state index < -0.39 is 11.7 Å². The predicted octanol–water partition coefficient (Wildman–Crippen LogP) is 2.73. The third kappa shape index (κ3) is 4.76. The monoisotopic (exact) mass is 449 g/mol. The third-order valence-corrected chi connectivity index (χ3v) is 5.88. The van der Waals surface area contributed by atoms with Gasteiger partial charge in [-0.2, -0.15) is 13.2 Å². The first-order valence-corrected chi connectivity index (χ1v) is 10.4. The molecule has 162 valence electrons. The second-order valence-corrected chi connectivity index (χ2v) is 7.94. The summed E-state index contributed by atoms with van der Waals surface area (Å²) >= 11 is 1.48. The minimum Gasteiger partial charge on any atom is -0.353 e. The van der Waals surface area contributed by atoms with Gasteiger partial charge in [-0.3, -0.25) is 14.2 Å². The summed E-state index contributed by atoms with van der Waals surface area (Å²) in [7, 11) is 0. The van der Waals surface area contributed by atoms with E-state index in [2.05, 4.69) is 9.97 Å². The zero-order valence-corrected chi connectivity index (χ0v) is 17.1. The molecule has 0 radical (unpaired) electrons. The number of carbonyl (C=O) groups is 1. The minimum absolute atomic E-state index is 0.116. The summed E-state index contributed by atoms with van der Waals surface area (Å²) in [6.07, 6.45) is -2.24. The van der Waals surface area contributed by atoms with Crippen LogP contribution in [0.15, 0.2) is 53.0 Å². The van der Waals surface area contributed by atoms with E-state index in [9.17, 15) is 22.8 Å². The van der Waals surface area contributed by atoms with Crippen LogP contribution in [0.5, 0.6) is 0 Å². The average molecular weight is 449 g/mol. The molecule has 0 N–H and O–H groups in total. The zero-order valence-electron chi connectivity index (χ0n) is 16.2. The van der Waals surface area contributed by atoms with Crippen LogP contribution in [-0.2, 0) is 17.5 Å². The third-order valence-electron chi connectivity index (χ3n) is 4.99. The van der Waals surface area contributed by atoms with E-state index in [0.717, 1.165) is 17.1 Å². The Kier molecular flexibility index (Phi) is 5.77. The Bertz CT molecular complexity index is 1110. The van der Waals surface area contributed by atoms with Crippen molar-refractivity contribution in [2.45, 2.75) is 12.7 Å². The number of piperazine rings is 1. The summed E-state index contributed by atoms with van der Waals surface area (Å²) in [4.78, 5) is 37.5. The Morgan fingerprint density at radius 1 is 1.10 bits per heavy atom. The maximum absolute atomic E-state index is 12.7. The standard InChI is InChI=1S/C20H18F3N5O2S/c21-20(22,23)14-3-4-17(24-11-14)26-5-7-27(8-6-26)19(30)12-28-13-25-15(10-18(28)29)16-2-1-9-31-16/h1-4,9-11,13H,5-8,12H2. The Labute approximate surface area is 179 Å². The Balaban J connectivity index is 1.35. The number of thiophene rings is 1. The quantitative estimate of drug-likeness (QED) is 0.613. The first-order chi connectivity index (χ1) is 14.8. The number of rotatable bonds is 4. The van der Waals surface area contributed by atoms with Gasteiger partial charge >= 0.3 is 6.18 Å². The molecule has 11 heteroatoms. The van der Waals surface area contributed by atoms with Crippen molar-refractivity contribution >= 4 is 23.1 Å². The van der Waals surface area contributed by atoms with Gasteiger partial charge < -0.3 is 9.80 Å². The van der Waals surface area contributed by atoms with E-state index in [1.54, 1.807) is 4.90 Å². The van der Waals surface area contributed by atoms with Gasteiger partial charge in [-0.25, -0.2) is 9.97 Å². The highest BCUT2D eigenvalue weighted by Crippen LogP contribution is 2.29. The van der Waals surface area contributed by atoms with Crippen LogP contribution in [0.4, 0.5) is 19.0 Å². The molecule has 0 bridgehead atoms. The highest BCUT2D eigenvalue weighted by molar-refractivity contribution is 7.13. The molecule has 1 aliphatic rings. The number of hydrogen-bond acceptors (Lipinski definition) is 6. The molecule has 1 fully saturated rings. The smallest absolute Gasteiger partial charge is 0.353 e. The largest absolute Gasteiger partial charge is 0.417 e. The molecular weight excluding hydrogens is 431 g/mol. The van der Waals surface area contributed by atoms with Gasteiger partial charge in [-0.15, -0.1) is 11.3 Å². The summed E-state index contributed by atoms with van der Waals surface area (Å²) in [6.45, 7) is 1.53. The number of anilines is 1. The van der Waals surface area contributed by atoms with Crippen molar-refractivity contribution in [2.75, 3.05) is 31.1 Å². The molecule has 3 aromatic rings. The van der Waals surface area contributed by atoms with E-state index in [1.165, 1.54) is 34.4 Å². The van der Waals surface area contributed by atoms with Crippen LogP contribution in [0.25, 0.3) is 10.6 Å². The van der Waals surface area contributed by atoms with Gasteiger partial charge in [0.1, 0.15) is 12.4 Å². The van der Waals surface area contributed by atoms with Crippen LogP contribution in [0.3, 0.4) is 0 Å². The first-order valence-electron chi connectivity index (χ1n) is 9.47. The molecule has 0 unspecified atom stereocenters. The van der Waals surface area contributed by atoms with Gasteiger partial charge in [0.25, 0.3) is 5.56 Å². The summed E-state index contributed by atoms with van der Waals surface area (Å²) in [5.74, 6) is 0.220. The van der Waals surface area contributed by atoms with Crippen LogP contribution in [0, 0.1) is 0 Å². The van der Waals surface area contributed by atoms with Crippen LogP contribution >= 0.6 is 11.3 Å². The van der Waals surface area contributed by atoms with Crippen molar-refractivity contribution in [3.63, 3.8) is 0 Å². The molecule has 31 heavy (non-hydrogen) atoms. The molecule has 0 spiro atoms. The van der Waals surface area contributed by atoms with Gasteiger partial charge in [0.2, 0.25) is 5.91 Å². The number of carbonyl (C=O) groups excluding carboxylic acids is 1. The molecule has 1 aliphatic heterocycles. The number of amides is 1. The van der Waals surface area contributed by atoms with Crippen molar-refractivity contribution in [1.29, 1.82) is 0 Å². The lowest BCUT2D eigenvalue weighted by molar-refractivity contribution is -0.138. The van der Waals surface area contributed by atoms with Crippen molar-refractivity contribution in [3.8, 4) is 10.6 Å². The lowest BCUT2D eigenvalue weighted by Crippen LogP contribution is -2.50. The lowest BCUT2D eigenvalue weighted by Gasteiger charge is -2.35. The fourth-order valence-corrected chi connectivity index (χ4v) is 3.97. The topological polar surface area (TPSA) is 71.3 Å². The summed E-state index contributed by atoms with van der Waals surface area (Å²) in [5, 5.41) is 1.89. The summed E-state index contributed by atoms with van der Waals surface area (Å²) in [6, 6.07) is 7.48. The molecule has 0 aromatic carbocycles. The van der Waals surface area contributed by atoms with Gasteiger partial charge in [0.15, 0.2) is 0 Å². The number of aromatic nitrogens is 3. The molecule has 0 saturated carbocycles. The Hall–Kier alpha value is -3.21. The second-order valence-electron chi connectivity index (χ2n) is 6.99. The van der Waals surface area contributed by atoms with E-state index in [4.69, 9.17) is 0 Å². The molecule has 0 atom stereocenters. The molecule has 1 saturated heterocycles. The Morgan fingerprint density at radius 3 is 2.45 bits per heavy atom. The molecule has 4 heterocycles. The number of alkyl halides is 3. The fraction of sp³-hybridized carbons (Fsp3) is 0.300. The molecule has 4 rings (SSSR count). The normalized spacial score (nSPS) is 14.7. The molecular formula is C20H18F3N5O2S. The second kappa shape index (κ2) is 8.50. The van der Waals surface area contributed by atoms with Crippen molar-refractivity contribution < 1.29 is 18.0 Å². The zero-order chi connectivity index (χ0) is 22.0. The van der Waals surface area contributed by atoms with E-state index >= 15 is 0 Å². The molecule has 7 nitrogen and oxygen atoms in total. The lowest BCUT2D eigenvalue weighted by atomic mass is 10.2. The SMILES string of the molecule is O=C(Cn1cnc(-c2cccs2)cc1=O)N1CCN(c2ccc(C(F)(F)F)cn2)CC1. The maximum atomic E-state index is 12.7. The van der Waals surface area contributed by atoms with E-state index in [-0.39, 0.29) is 18.0 Å². The highest BCUT2D eigenvalue weighted by atomic mass is 32.1. The number of hydrogen-bond donors (Lipinski definition) is 0. The number of nitrogens with zero attached hydrogens (tertiary/aromatic N) is 5. The van der Waals surface area contributed by atoms with Crippen LogP contribution in [0.2, 0.25) is 0 Å². The highest BCUT2D eigenvalue weighted by Gasteiger charge is 2.31. The van der Waals surface area contributed by atoms with E-state index in [0.29, 0.717) is 37.7 Å². The van der Waals surface area contributed by atoms with Gasteiger partial charge in [0.05, 0.1) is 22.5 Å². The number of halogens is 3. The van der Waals surface area contributed by atoms with E-state index in [1.807, 2.05) is 22.4 Å². The Morgan fingerprint density at radius 2 is 1.87 bits per heavy atom. The summed E-state index contributed by atoms with van der Waals surface area (Å²) < 4.78 is 39.3. The molecule has 0 aliphatic carbocycles. The van der Waals surface area contributed by atoms with Crippen molar-refractivity contribution in [2.24, 2.45) is 0 Å². The number of pyridine rings is 1. The van der Waals surface area contributed by atoms with Crippen molar-refractivity contribution in [1.82, 2.24) is 19.4 Å². The van der Waals surface area contributed by atoms with Gasteiger partial charge in [0, 0.05) is 38.4 Å². The maximum Gasteiger partial charge on any atom is 0.417 e. The first kappa shape index (κ1) is 21.0. The van der Waals surface area contributed by atoms with Crippen LogP contribution < -0.4 is 10.5 Å². The molecule has 3 aromatic heterocycles.